The van der Waals surface area contributed by atoms with E-state index in [0.717, 1.165) is 26.1 Å². The molecule has 2 heterocycles. The van der Waals surface area contributed by atoms with Crippen LogP contribution in [0.3, 0.4) is 0 Å². The van der Waals surface area contributed by atoms with E-state index < -0.39 is 5.95 Å². The standard InChI is InChI=1S/C14H19FN2O/c1-11(2)6-8-17-9-7-12(10-17)18-14-5-3-4-13(15)16-14/h3-6,12H,7-10H2,1-2H3. The van der Waals surface area contributed by atoms with Gasteiger partial charge in [-0.15, -0.1) is 0 Å². The van der Waals surface area contributed by atoms with Crippen LogP contribution in [0.25, 0.3) is 0 Å². The van der Waals surface area contributed by atoms with Crippen LogP contribution in [0.2, 0.25) is 0 Å². The Labute approximate surface area is 107 Å². The fourth-order valence-corrected chi connectivity index (χ4v) is 2.00. The van der Waals surface area contributed by atoms with Gasteiger partial charge < -0.3 is 4.74 Å². The van der Waals surface area contributed by atoms with Crippen molar-refractivity contribution in [2.45, 2.75) is 26.4 Å². The van der Waals surface area contributed by atoms with Crippen LogP contribution in [0.1, 0.15) is 20.3 Å². The van der Waals surface area contributed by atoms with E-state index >= 15 is 0 Å². The Kier molecular flexibility index (Phi) is 4.31. The first kappa shape index (κ1) is 13.0. The van der Waals surface area contributed by atoms with E-state index in [1.807, 2.05) is 0 Å². The van der Waals surface area contributed by atoms with Gasteiger partial charge in [0.25, 0.3) is 0 Å². The first-order valence-corrected chi connectivity index (χ1v) is 6.28. The number of hydrogen-bond donors (Lipinski definition) is 0. The number of rotatable bonds is 4. The van der Waals surface area contributed by atoms with Crippen molar-refractivity contribution in [1.29, 1.82) is 0 Å². The quantitative estimate of drug-likeness (QED) is 0.607. The van der Waals surface area contributed by atoms with Crippen molar-refractivity contribution in [2.75, 3.05) is 19.6 Å². The molecule has 18 heavy (non-hydrogen) atoms. The average Bonchev–Trinajstić information content (AvgIpc) is 2.74. The van der Waals surface area contributed by atoms with E-state index in [0.29, 0.717) is 5.88 Å². The molecule has 4 heteroatoms. The summed E-state index contributed by atoms with van der Waals surface area (Å²) in [6.45, 7) is 7.05. The lowest BCUT2D eigenvalue weighted by atomic mass is 10.3. The Morgan fingerprint density at radius 1 is 1.56 bits per heavy atom. The van der Waals surface area contributed by atoms with E-state index in [-0.39, 0.29) is 6.10 Å². The van der Waals surface area contributed by atoms with E-state index in [1.54, 1.807) is 12.1 Å². The van der Waals surface area contributed by atoms with Gasteiger partial charge in [0, 0.05) is 25.7 Å². The van der Waals surface area contributed by atoms with Crippen LogP contribution in [0.4, 0.5) is 4.39 Å². The van der Waals surface area contributed by atoms with Crippen LogP contribution in [0.15, 0.2) is 29.8 Å². The molecule has 0 aromatic carbocycles. The first-order chi connectivity index (χ1) is 8.63. The molecule has 1 aromatic heterocycles. The molecule has 1 fully saturated rings. The molecule has 1 aliphatic rings. The molecule has 98 valence electrons. The maximum Gasteiger partial charge on any atom is 0.216 e. The SMILES string of the molecule is CC(C)=CCN1CCC(Oc2cccc(F)n2)C1. The van der Waals surface area contributed by atoms with E-state index in [9.17, 15) is 4.39 Å². The van der Waals surface area contributed by atoms with Crippen molar-refractivity contribution in [1.82, 2.24) is 9.88 Å². The van der Waals surface area contributed by atoms with Gasteiger partial charge in [0.05, 0.1) is 0 Å². The monoisotopic (exact) mass is 250 g/mol. The minimum absolute atomic E-state index is 0.116. The van der Waals surface area contributed by atoms with Crippen molar-refractivity contribution in [3.63, 3.8) is 0 Å². The normalized spacial score (nSPS) is 19.8. The predicted molar refractivity (Wildman–Crippen MR) is 69.1 cm³/mol. The fourth-order valence-electron chi connectivity index (χ4n) is 2.00. The molecule has 0 aliphatic carbocycles. The molecule has 1 atom stereocenters. The van der Waals surface area contributed by atoms with Gasteiger partial charge in [0.1, 0.15) is 6.10 Å². The lowest BCUT2D eigenvalue weighted by molar-refractivity contribution is 0.194. The number of allylic oxidation sites excluding steroid dienone is 1. The minimum atomic E-state index is -0.494. The second-order valence-corrected chi connectivity index (χ2v) is 4.87. The molecule has 0 radical (unpaired) electrons. The molecule has 1 aliphatic heterocycles. The Hall–Kier alpha value is -1.42. The number of pyridine rings is 1. The molecule has 1 unspecified atom stereocenters. The zero-order valence-electron chi connectivity index (χ0n) is 10.9. The molecule has 2 rings (SSSR count). The van der Waals surface area contributed by atoms with Gasteiger partial charge in [-0.25, -0.2) is 0 Å². The van der Waals surface area contributed by atoms with Crippen LogP contribution in [0, 0.1) is 5.95 Å². The Balaban J connectivity index is 1.84. The van der Waals surface area contributed by atoms with Crippen molar-refractivity contribution >= 4 is 0 Å². The largest absolute Gasteiger partial charge is 0.473 e. The second kappa shape index (κ2) is 5.96. The summed E-state index contributed by atoms with van der Waals surface area (Å²) in [5.41, 5.74) is 1.33. The maximum absolute atomic E-state index is 12.9. The Morgan fingerprint density at radius 2 is 2.39 bits per heavy atom. The summed E-state index contributed by atoms with van der Waals surface area (Å²) in [6, 6.07) is 4.64. The lowest BCUT2D eigenvalue weighted by Gasteiger charge is -2.15. The number of hydrogen-bond acceptors (Lipinski definition) is 3. The number of aromatic nitrogens is 1. The number of likely N-dealkylation sites (tertiary alicyclic amines) is 1. The minimum Gasteiger partial charge on any atom is -0.473 e. The van der Waals surface area contributed by atoms with Gasteiger partial charge in [0.2, 0.25) is 11.8 Å². The van der Waals surface area contributed by atoms with Gasteiger partial charge in [-0.3, -0.25) is 4.90 Å². The highest BCUT2D eigenvalue weighted by atomic mass is 19.1. The van der Waals surface area contributed by atoms with Gasteiger partial charge in [-0.05, 0) is 26.3 Å². The summed E-state index contributed by atoms with van der Waals surface area (Å²) < 4.78 is 18.6. The topological polar surface area (TPSA) is 25.4 Å². The van der Waals surface area contributed by atoms with E-state index in [2.05, 4.69) is 29.8 Å². The van der Waals surface area contributed by atoms with Gasteiger partial charge in [-0.1, -0.05) is 17.7 Å². The van der Waals surface area contributed by atoms with Crippen LogP contribution < -0.4 is 4.74 Å². The maximum atomic E-state index is 12.9. The van der Waals surface area contributed by atoms with Crippen molar-refractivity contribution < 1.29 is 9.13 Å². The first-order valence-electron chi connectivity index (χ1n) is 6.28. The second-order valence-electron chi connectivity index (χ2n) is 4.87. The van der Waals surface area contributed by atoms with Crippen LogP contribution >= 0.6 is 0 Å². The third-order valence-electron chi connectivity index (χ3n) is 2.96. The number of nitrogens with zero attached hydrogens (tertiary/aromatic N) is 2. The molecule has 0 amide bonds. The molecule has 1 saturated heterocycles. The average molecular weight is 250 g/mol. The smallest absolute Gasteiger partial charge is 0.216 e. The fraction of sp³-hybridized carbons (Fsp3) is 0.500. The van der Waals surface area contributed by atoms with Gasteiger partial charge in [0.15, 0.2) is 0 Å². The summed E-state index contributed by atoms with van der Waals surface area (Å²) in [4.78, 5) is 6.05. The third-order valence-corrected chi connectivity index (χ3v) is 2.96. The van der Waals surface area contributed by atoms with Gasteiger partial charge in [-0.2, -0.15) is 9.37 Å². The molecule has 1 aromatic rings. The summed E-state index contributed by atoms with van der Waals surface area (Å²) in [7, 11) is 0. The van der Waals surface area contributed by atoms with Crippen LogP contribution in [-0.4, -0.2) is 35.6 Å². The lowest BCUT2D eigenvalue weighted by Crippen LogP contribution is -2.25. The molecular formula is C14H19FN2O. The summed E-state index contributed by atoms with van der Waals surface area (Å²) in [5, 5.41) is 0. The Morgan fingerprint density at radius 3 is 3.11 bits per heavy atom. The summed E-state index contributed by atoms with van der Waals surface area (Å²) in [5.74, 6) is -0.115. The van der Waals surface area contributed by atoms with Crippen molar-refractivity contribution in [3.05, 3.63) is 35.8 Å². The zero-order valence-corrected chi connectivity index (χ0v) is 10.9. The van der Waals surface area contributed by atoms with E-state index in [4.69, 9.17) is 4.74 Å². The molecule has 0 spiro atoms. The number of ether oxygens (including phenoxy) is 1. The van der Waals surface area contributed by atoms with Crippen LogP contribution in [-0.2, 0) is 0 Å². The highest BCUT2D eigenvalue weighted by Crippen LogP contribution is 2.16. The molecule has 0 bridgehead atoms. The highest BCUT2D eigenvalue weighted by Gasteiger charge is 2.23. The molecule has 0 N–H and O–H groups in total. The third kappa shape index (κ3) is 3.81. The predicted octanol–water partition coefficient (Wildman–Crippen LogP) is 2.64. The zero-order chi connectivity index (χ0) is 13.0. The van der Waals surface area contributed by atoms with Crippen LogP contribution in [0.5, 0.6) is 5.88 Å². The Bertz CT molecular complexity index is 430. The molecular weight excluding hydrogens is 231 g/mol. The summed E-state index contributed by atoms with van der Waals surface area (Å²) >= 11 is 0. The summed E-state index contributed by atoms with van der Waals surface area (Å²) in [6.07, 6.45) is 3.29. The van der Waals surface area contributed by atoms with Gasteiger partial charge >= 0.3 is 0 Å². The molecule has 0 saturated carbocycles. The van der Waals surface area contributed by atoms with Crippen molar-refractivity contribution in [2.24, 2.45) is 0 Å². The molecule has 3 nitrogen and oxygen atoms in total. The number of halogens is 1. The van der Waals surface area contributed by atoms with Crippen molar-refractivity contribution in [3.8, 4) is 5.88 Å². The van der Waals surface area contributed by atoms with E-state index in [1.165, 1.54) is 11.6 Å². The highest BCUT2D eigenvalue weighted by molar-refractivity contribution is 5.11.